The lowest BCUT2D eigenvalue weighted by Crippen LogP contribution is -2.68. The molecule has 2 aliphatic heterocycles. The van der Waals surface area contributed by atoms with Crippen LogP contribution in [0.5, 0.6) is 0 Å². The van der Waals surface area contributed by atoms with Gasteiger partial charge in [-0.2, -0.15) is 0 Å². The molecule has 2 atom stereocenters. The molecule has 166 valence electrons. The summed E-state index contributed by atoms with van der Waals surface area (Å²) in [7, 11) is -2.66. The van der Waals surface area contributed by atoms with Crippen molar-refractivity contribution in [2.24, 2.45) is 5.41 Å². The number of benzene rings is 2. The number of hydrogen-bond acceptors (Lipinski definition) is 2. The quantitative estimate of drug-likeness (QED) is 0.617. The third-order valence-electron chi connectivity index (χ3n) is 8.09. The molecule has 0 bridgehead atoms. The van der Waals surface area contributed by atoms with E-state index in [1.165, 1.54) is 10.4 Å². The van der Waals surface area contributed by atoms with Crippen molar-refractivity contribution >= 4 is 18.7 Å². The monoisotopic (exact) mass is 441 g/mol. The third kappa shape index (κ3) is 3.15. The van der Waals surface area contributed by atoms with Gasteiger partial charge in [0, 0.05) is 18.5 Å². The Morgan fingerprint density at radius 3 is 1.97 bits per heavy atom. The highest BCUT2D eigenvalue weighted by Crippen LogP contribution is 2.69. The van der Waals surface area contributed by atoms with Gasteiger partial charge in [-0.3, -0.25) is 4.90 Å². The van der Waals surface area contributed by atoms with Crippen molar-refractivity contribution in [1.82, 2.24) is 4.90 Å². The molecule has 2 nitrogen and oxygen atoms in total. The fourth-order valence-corrected chi connectivity index (χ4v) is 11.1. The Morgan fingerprint density at radius 1 is 0.935 bits per heavy atom. The molecule has 2 saturated heterocycles. The Labute approximate surface area is 185 Å². The summed E-state index contributed by atoms with van der Waals surface area (Å²) in [4.78, 5) is 2.34. The predicted molar refractivity (Wildman–Crippen MR) is 124 cm³/mol. The minimum Gasteiger partial charge on any atom is -0.406 e. The van der Waals surface area contributed by atoms with Gasteiger partial charge in [-0.1, -0.05) is 81.4 Å². The number of alkyl halides is 2. The highest BCUT2D eigenvalue weighted by atomic mass is 28.4. The van der Waals surface area contributed by atoms with Crippen LogP contribution in [0.3, 0.4) is 0 Å². The fraction of sp³-hybridized carbons (Fsp3) is 0.538. The van der Waals surface area contributed by atoms with Crippen LogP contribution in [0.4, 0.5) is 8.78 Å². The van der Waals surface area contributed by atoms with E-state index in [0.717, 1.165) is 19.4 Å². The molecule has 3 fully saturated rings. The van der Waals surface area contributed by atoms with E-state index in [9.17, 15) is 8.78 Å². The summed E-state index contributed by atoms with van der Waals surface area (Å²) in [5.41, 5.74) is -1.05. The maximum Gasteiger partial charge on any atom is 0.261 e. The van der Waals surface area contributed by atoms with Crippen LogP contribution >= 0.6 is 0 Å². The third-order valence-corrected chi connectivity index (χ3v) is 13.1. The van der Waals surface area contributed by atoms with Gasteiger partial charge in [-0.05, 0) is 41.2 Å². The van der Waals surface area contributed by atoms with Crippen LogP contribution in [0.15, 0.2) is 60.7 Å². The molecule has 1 saturated carbocycles. The van der Waals surface area contributed by atoms with Crippen molar-refractivity contribution in [3.05, 3.63) is 60.7 Å². The van der Waals surface area contributed by atoms with Crippen LogP contribution in [-0.2, 0) is 4.43 Å². The van der Waals surface area contributed by atoms with Crippen LogP contribution in [0.2, 0.25) is 5.04 Å². The number of fused-ring (bicyclic) bond motifs is 1. The molecule has 31 heavy (non-hydrogen) atoms. The molecule has 1 unspecified atom stereocenters. The van der Waals surface area contributed by atoms with E-state index in [4.69, 9.17) is 4.43 Å². The maximum absolute atomic E-state index is 14.3. The zero-order valence-corrected chi connectivity index (χ0v) is 19.8. The highest BCUT2D eigenvalue weighted by molar-refractivity contribution is 6.99. The Bertz CT molecular complexity index is 905. The van der Waals surface area contributed by atoms with Gasteiger partial charge in [0.25, 0.3) is 14.2 Å². The summed E-state index contributed by atoms with van der Waals surface area (Å²) in [6.45, 7) is 8.81. The zero-order chi connectivity index (χ0) is 22.0. The lowest BCUT2D eigenvalue weighted by molar-refractivity contribution is 0.0647. The van der Waals surface area contributed by atoms with E-state index < -0.39 is 19.7 Å². The van der Waals surface area contributed by atoms with Crippen LogP contribution < -0.4 is 10.4 Å². The van der Waals surface area contributed by atoms with Crippen LogP contribution in [0.1, 0.15) is 46.5 Å². The lowest BCUT2D eigenvalue weighted by Gasteiger charge is -2.45. The molecule has 1 aliphatic carbocycles. The SMILES string of the molecule is CC(C)(C)[Si](OC[C@@]12CCCN1CC1(CC1(F)F)C2)(c1ccccc1)c1ccccc1. The first kappa shape index (κ1) is 21.3. The Hall–Kier alpha value is -1.56. The molecule has 0 radical (unpaired) electrons. The van der Waals surface area contributed by atoms with Gasteiger partial charge in [0.05, 0.1) is 12.0 Å². The first-order valence-electron chi connectivity index (χ1n) is 11.5. The zero-order valence-electron chi connectivity index (χ0n) is 18.8. The number of halogens is 2. The molecule has 5 heteroatoms. The van der Waals surface area contributed by atoms with Gasteiger partial charge < -0.3 is 4.43 Å². The lowest BCUT2D eigenvalue weighted by atomic mass is 9.89. The molecule has 1 spiro atoms. The maximum atomic E-state index is 14.3. The summed E-state index contributed by atoms with van der Waals surface area (Å²) in [6.07, 6.45) is 2.66. The van der Waals surface area contributed by atoms with Crippen molar-refractivity contribution in [2.75, 3.05) is 19.7 Å². The Balaban J connectivity index is 1.54. The largest absolute Gasteiger partial charge is 0.406 e. The normalized spacial score (nSPS) is 30.0. The fourth-order valence-electron chi connectivity index (χ4n) is 6.46. The molecular formula is C26H33F2NOSi. The highest BCUT2D eigenvalue weighted by Gasteiger charge is 2.77. The van der Waals surface area contributed by atoms with Gasteiger partial charge >= 0.3 is 0 Å². The van der Waals surface area contributed by atoms with Crippen molar-refractivity contribution in [3.8, 4) is 0 Å². The second-order valence-corrected chi connectivity index (χ2v) is 15.3. The second-order valence-electron chi connectivity index (χ2n) is 11.0. The molecule has 0 aromatic heterocycles. The average Bonchev–Trinajstić information content (AvgIpc) is 2.98. The standard InChI is InChI=1S/C26H33F2NOSi/c1-23(2,3)31(21-11-6-4-7-12-21,22-13-8-5-9-14-22)30-20-25-15-10-16-29(25)19-24(17-25)18-26(24,27)28/h4-9,11-14H,10,15-20H2,1-3H3/t24?,25-/m0/s1. The molecule has 5 rings (SSSR count). The molecule has 2 aromatic rings. The van der Waals surface area contributed by atoms with Crippen molar-refractivity contribution in [2.45, 2.75) is 63.0 Å². The second kappa shape index (κ2) is 6.97. The number of hydrogen-bond donors (Lipinski definition) is 0. The molecular weight excluding hydrogens is 408 g/mol. The minimum absolute atomic E-state index is 0.0530. The number of nitrogens with zero attached hydrogens (tertiary/aromatic N) is 1. The van der Waals surface area contributed by atoms with E-state index in [-0.39, 0.29) is 17.0 Å². The smallest absolute Gasteiger partial charge is 0.261 e. The Morgan fingerprint density at radius 2 is 1.48 bits per heavy atom. The number of rotatable bonds is 5. The minimum atomic E-state index is -2.66. The van der Waals surface area contributed by atoms with Gasteiger partial charge in [0.15, 0.2) is 0 Å². The van der Waals surface area contributed by atoms with Crippen LogP contribution in [0, 0.1) is 5.41 Å². The molecule has 2 heterocycles. The van der Waals surface area contributed by atoms with Gasteiger partial charge in [0.1, 0.15) is 0 Å². The van der Waals surface area contributed by atoms with E-state index in [2.05, 4.69) is 74.2 Å². The van der Waals surface area contributed by atoms with E-state index in [1.54, 1.807) is 0 Å². The van der Waals surface area contributed by atoms with Crippen LogP contribution in [-0.4, -0.2) is 44.4 Å². The summed E-state index contributed by atoms with van der Waals surface area (Å²) in [5, 5.41) is 2.40. The van der Waals surface area contributed by atoms with Gasteiger partial charge in [0.2, 0.25) is 0 Å². The average molecular weight is 442 g/mol. The molecule has 0 N–H and O–H groups in total. The summed E-state index contributed by atoms with van der Waals surface area (Å²) >= 11 is 0. The first-order chi connectivity index (χ1) is 14.6. The Kier molecular flexibility index (Phi) is 4.78. The first-order valence-corrected chi connectivity index (χ1v) is 13.4. The van der Waals surface area contributed by atoms with Crippen molar-refractivity contribution in [3.63, 3.8) is 0 Å². The van der Waals surface area contributed by atoms with E-state index >= 15 is 0 Å². The van der Waals surface area contributed by atoms with E-state index in [0.29, 0.717) is 19.6 Å². The molecule has 0 amide bonds. The molecule has 3 aliphatic rings. The summed E-state index contributed by atoms with van der Waals surface area (Å²) in [6, 6.07) is 21.2. The predicted octanol–water partition coefficient (Wildman–Crippen LogP) is 4.83. The van der Waals surface area contributed by atoms with Crippen molar-refractivity contribution in [1.29, 1.82) is 0 Å². The van der Waals surface area contributed by atoms with Crippen LogP contribution in [0.25, 0.3) is 0 Å². The topological polar surface area (TPSA) is 12.5 Å². The summed E-state index contributed by atoms with van der Waals surface area (Å²) in [5.74, 6) is -2.50. The van der Waals surface area contributed by atoms with E-state index in [1.807, 2.05) is 12.1 Å². The van der Waals surface area contributed by atoms with Gasteiger partial charge in [-0.25, -0.2) is 8.78 Å². The summed E-state index contributed by atoms with van der Waals surface area (Å²) < 4.78 is 35.8. The van der Waals surface area contributed by atoms with Gasteiger partial charge in [-0.15, -0.1) is 0 Å². The molecule has 2 aromatic carbocycles. The van der Waals surface area contributed by atoms with Crippen molar-refractivity contribution < 1.29 is 13.2 Å².